The number of anilines is 1. The molecule has 2 heterocycles. The zero-order valence-corrected chi connectivity index (χ0v) is 29.2. The maximum absolute atomic E-state index is 12.8. The fourth-order valence-corrected chi connectivity index (χ4v) is 6.83. The average molecular weight is 710 g/mol. The van der Waals surface area contributed by atoms with Crippen molar-refractivity contribution in [1.29, 1.82) is 0 Å². The van der Waals surface area contributed by atoms with Crippen molar-refractivity contribution in [3.05, 3.63) is 174 Å². The number of aliphatic hydroxyl groups excluding tert-OH is 1. The number of pyridine rings is 1. The second-order valence-corrected chi connectivity index (χ2v) is 13.4. The standard InChI is InChI=1S/C43H39N3O5S/c47-28-30-15-17-32(18-16-30)40-26-39(29-52-41-14-4-5-23-44-41)50-42(51-40)35-11-7-10-34(25-35)33-9-6-8-31(24-33)27-45-43(48)46-36-19-21-38(22-20-36)49-37-12-2-1-3-13-37/h1-25,39-40,42,47H,26-29H2,(H2,45,46,48)/t39-,40+,42+/m1/s1. The number of urea groups is 1. The molecule has 2 amide bonds. The van der Waals surface area contributed by atoms with Crippen LogP contribution in [0.15, 0.2) is 157 Å². The van der Waals surface area contributed by atoms with E-state index < -0.39 is 6.29 Å². The smallest absolute Gasteiger partial charge is 0.319 e. The van der Waals surface area contributed by atoms with Crippen LogP contribution in [0.2, 0.25) is 0 Å². The Morgan fingerprint density at radius 3 is 2.27 bits per heavy atom. The van der Waals surface area contributed by atoms with Gasteiger partial charge in [-0.2, -0.15) is 0 Å². The van der Waals surface area contributed by atoms with E-state index in [9.17, 15) is 9.90 Å². The second-order valence-electron chi connectivity index (χ2n) is 12.4. The minimum absolute atomic E-state index is 0.00137. The monoisotopic (exact) mass is 709 g/mol. The minimum Gasteiger partial charge on any atom is -0.457 e. The highest BCUT2D eigenvalue weighted by molar-refractivity contribution is 7.99. The molecule has 0 saturated carbocycles. The number of aromatic nitrogens is 1. The summed E-state index contributed by atoms with van der Waals surface area (Å²) in [5.74, 6) is 2.17. The molecule has 3 N–H and O–H groups in total. The lowest BCUT2D eigenvalue weighted by molar-refractivity contribution is -0.245. The molecule has 0 spiro atoms. The number of hydrogen-bond acceptors (Lipinski definition) is 7. The third kappa shape index (κ3) is 9.45. The molecule has 0 bridgehead atoms. The first-order chi connectivity index (χ1) is 25.6. The Hall–Kier alpha value is -5.45. The highest BCUT2D eigenvalue weighted by Gasteiger charge is 2.32. The van der Waals surface area contributed by atoms with Gasteiger partial charge in [0.1, 0.15) is 11.5 Å². The number of thioether (sulfide) groups is 1. The van der Waals surface area contributed by atoms with Gasteiger partial charge in [-0.1, -0.05) is 84.9 Å². The van der Waals surface area contributed by atoms with E-state index in [4.69, 9.17) is 14.2 Å². The van der Waals surface area contributed by atoms with Crippen molar-refractivity contribution in [3.8, 4) is 22.6 Å². The van der Waals surface area contributed by atoms with Gasteiger partial charge < -0.3 is 30.0 Å². The van der Waals surface area contributed by atoms with Gasteiger partial charge in [0.15, 0.2) is 6.29 Å². The molecular weight excluding hydrogens is 671 g/mol. The molecular formula is C43H39N3O5S. The molecule has 1 saturated heterocycles. The summed E-state index contributed by atoms with van der Waals surface area (Å²) in [5.41, 5.74) is 6.50. The van der Waals surface area contributed by atoms with E-state index >= 15 is 0 Å². The van der Waals surface area contributed by atoms with Gasteiger partial charge in [0.05, 0.1) is 23.8 Å². The summed E-state index contributed by atoms with van der Waals surface area (Å²) in [5, 5.41) is 16.4. The maximum atomic E-state index is 12.8. The van der Waals surface area contributed by atoms with Crippen LogP contribution in [0, 0.1) is 0 Å². The molecule has 9 heteroatoms. The number of hydrogen-bond donors (Lipinski definition) is 3. The Bertz CT molecular complexity index is 2050. The van der Waals surface area contributed by atoms with E-state index in [0.717, 1.165) is 49.9 Å². The Morgan fingerprint density at radius 2 is 1.50 bits per heavy atom. The molecule has 3 atom stereocenters. The molecule has 1 aliphatic heterocycles. The Kier molecular flexibility index (Phi) is 11.6. The fraction of sp³-hybridized carbons (Fsp3) is 0.163. The van der Waals surface area contributed by atoms with Gasteiger partial charge in [-0.05, 0) is 88.5 Å². The fourth-order valence-electron chi connectivity index (χ4n) is 5.95. The first-order valence-corrected chi connectivity index (χ1v) is 18.2. The maximum Gasteiger partial charge on any atom is 0.319 e. The first-order valence-electron chi connectivity index (χ1n) is 17.2. The van der Waals surface area contributed by atoms with E-state index in [1.54, 1.807) is 18.0 Å². The van der Waals surface area contributed by atoms with Crippen molar-refractivity contribution in [1.82, 2.24) is 10.3 Å². The van der Waals surface area contributed by atoms with Crippen LogP contribution in [0.5, 0.6) is 11.5 Å². The number of para-hydroxylation sites is 1. The number of nitrogens with one attached hydrogen (secondary N) is 2. The molecule has 1 aliphatic rings. The van der Waals surface area contributed by atoms with E-state index in [0.29, 0.717) is 24.4 Å². The molecule has 52 heavy (non-hydrogen) atoms. The summed E-state index contributed by atoms with van der Waals surface area (Å²) in [7, 11) is 0. The first kappa shape index (κ1) is 35.0. The lowest BCUT2D eigenvalue weighted by Gasteiger charge is -2.36. The summed E-state index contributed by atoms with van der Waals surface area (Å²) in [6.07, 6.45) is 1.68. The summed E-state index contributed by atoms with van der Waals surface area (Å²) >= 11 is 1.67. The lowest BCUT2D eigenvalue weighted by atomic mass is 9.99. The Balaban J connectivity index is 0.999. The third-order valence-corrected chi connectivity index (χ3v) is 9.71. The molecule has 5 aromatic carbocycles. The van der Waals surface area contributed by atoms with Gasteiger partial charge in [-0.3, -0.25) is 0 Å². The number of nitrogens with zero attached hydrogens (tertiary/aromatic N) is 1. The van der Waals surface area contributed by atoms with Gasteiger partial charge in [0, 0.05) is 36.2 Å². The molecule has 8 nitrogen and oxygen atoms in total. The number of carbonyl (C=O) groups excluding carboxylic acids is 1. The van der Waals surface area contributed by atoms with Crippen molar-refractivity contribution < 1.29 is 24.1 Å². The van der Waals surface area contributed by atoms with Gasteiger partial charge >= 0.3 is 6.03 Å². The average Bonchev–Trinajstić information content (AvgIpc) is 3.21. The lowest BCUT2D eigenvalue weighted by Crippen LogP contribution is -2.31. The summed E-state index contributed by atoms with van der Waals surface area (Å²) in [6, 6.07) is 46.7. The Labute approximate surface area is 307 Å². The molecule has 7 rings (SSSR count). The van der Waals surface area contributed by atoms with Crippen molar-refractivity contribution in [2.75, 3.05) is 11.1 Å². The zero-order valence-electron chi connectivity index (χ0n) is 28.4. The van der Waals surface area contributed by atoms with Gasteiger partial charge in [-0.15, -0.1) is 11.8 Å². The van der Waals surface area contributed by atoms with Crippen molar-refractivity contribution in [2.24, 2.45) is 0 Å². The number of carbonyl (C=O) groups is 1. The second kappa shape index (κ2) is 17.2. The zero-order chi connectivity index (χ0) is 35.5. The van der Waals surface area contributed by atoms with E-state index in [2.05, 4.69) is 39.9 Å². The van der Waals surface area contributed by atoms with Gasteiger partial charge in [-0.25, -0.2) is 9.78 Å². The molecule has 262 valence electrons. The van der Waals surface area contributed by atoms with Crippen LogP contribution in [0.25, 0.3) is 11.1 Å². The minimum atomic E-state index is -0.571. The van der Waals surface area contributed by atoms with Crippen LogP contribution in [0.1, 0.15) is 41.1 Å². The third-order valence-electron chi connectivity index (χ3n) is 8.63. The summed E-state index contributed by atoms with van der Waals surface area (Å²) in [4.78, 5) is 17.2. The van der Waals surface area contributed by atoms with Crippen LogP contribution in [0.4, 0.5) is 10.5 Å². The molecule has 0 aliphatic carbocycles. The topological polar surface area (TPSA) is 102 Å². The number of benzene rings is 5. The number of rotatable bonds is 12. The van der Waals surface area contributed by atoms with E-state index in [1.807, 2.05) is 121 Å². The SMILES string of the molecule is O=C(NCc1cccc(-c2cccc([C@H]3O[C@@H](CSc4ccccn4)C[C@@H](c4ccc(CO)cc4)O3)c2)c1)Nc1ccc(Oc2ccccc2)cc1. The highest BCUT2D eigenvalue weighted by Crippen LogP contribution is 2.40. The number of aliphatic hydroxyl groups is 1. The number of amides is 2. The van der Waals surface area contributed by atoms with E-state index in [-0.39, 0.29) is 24.8 Å². The molecule has 0 radical (unpaired) electrons. The van der Waals surface area contributed by atoms with Crippen LogP contribution < -0.4 is 15.4 Å². The van der Waals surface area contributed by atoms with Crippen LogP contribution >= 0.6 is 11.8 Å². The molecule has 0 unspecified atom stereocenters. The van der Waals surface area contributed by atoms with Crippen molar-refractivity contribution in [3.63, 3.8) is 0 Å². The van der Waals surface area contributed by atoms with Crippen LogP contribution in [-0.4, -0.2) is 28.0 Å². The predicted octanol–water partition coefficient (Wildman–Crippen LogP) is 9.69. The molecule has 1 aromatic heterocycles. The van der Waals surface area contributed by atoms with Crippen LogP contribution in [0.3, 0.4) is 0 Å². The van der Waals surface area contributed by atoms with Crippen molar-refractivity contribution >= 4 is 23.5 Å². The van der Waals surface area contributed by atoms with Crippen molar-refractivity contribution in [2.45, 2.75) is 43.1 Å². The number of ether oxygens (including phenoxy) is 3. The molecule has 6 aromatic rings. The Morgan fingerprint density at radius 1 is 0.750 bits per heavy atom. The largest absolute Gasteiger partial charge is 0.457 e. The highest BCUT2D eigenvalue weighted by atomic mass is 32.2. The van der Waals surface area contributed by atoms with E-state index in [1.165, 1.54) is 0 Å². The van der Waals surface area contributed by atoms with Crippen LogP contribution in [-0.2, 0) is 22.6 Å². The molecule has 1 fully saturated rings. The normalized spacial score (nSPS) is 16.9. The quantitative estimate of drug-likeness (QED) is 0.109. The summed E-state index contributed by atoms with van der Waals surface area (Å²) in [6.45, 7) is 0.356. The van der Waals surface area contributed by atoms with Gasteiger partial charge in [0.25, 0.3) is 0 Å². The predicted molar refractivity (Wildman–Crippen MR) is 204 cm³/mol. The van der Waals surface area contributed by atoms with Gasteiger partial charge in [0.2, 0.25) is 0 Å². The summed E-state index contributed by atoms with van der Waals surface area (Å²) < 4.78 is 19.0.